The summed E-state index contributed by atoms with van der Waals surface area (Å²) in [4.78, 5) is 13.9. The minimum atomic E-state index is -0.237. The second-order valence-electron chi connectivity index (χ2n) is 6.95. The molecule has 1 saturated carbocycles. The Hall–Kier alpha value is -1.55. The monoisotopic (exact) mass is 303 g/mol. The molecule has 1 aromatic carbocycles. The van der Waals surface area contributed by atoms with Gasteiger partial charge in [-0.3, -0.25) is 0 Å². The Morgan fingerprint density at radius 3 is 2.59 bits per heavy atom. The van der Waals surface area contributed by atoms with E-state index in [1.165, 1.54) is 0 Å². The Morgan fingerprint density at radius 1 is 1.32 bits per heavy atom. The number of carbonyl (C=O) groups is 1. The standard InChI is InChI=1S/C18H25NO3/c1-14-11-16(20)18(12-14)7-9-19(10-8-18)17(21)22-13-15-5-3-2-4-6-15/h2-6,14,16,20H,7-13H2,1H3. The molecule has 2 unspecified atom stereocenters. The molecule has 2 atom stereocenters. The van der Waals surface area contributed by atoms with E-state index in [2.05, 4.69) is 6.92 Å². The molecule has 1 spiro atoms. The average Bonchev–Trinajstić information content (AvgIpc) is 2.80. The Morgan fingerprint density at radius 2 is 2.00 bits per heavy atom. The predicted octanol–water partition coefficient (Wildman–Crippen LogP) is 3.20. The Labute approximate surface area is 132 Å². The Kier molecular flexibility index (Phi) is 4.39. The van der Waals surface area contributed by atoms with Gasteiger partial charge in [0.15, 0.2) is 0 Å². The number of amides is 1. The Bertz CT molecular complexity index is 508. The lowest BCUT2D eigenvalue weighted by Crippen LogP contribution is -2.46. The number of benzene rings is 1. The van der Waals surface area contributed by atoms with Crippen molar-refractivity contribution in [3.63, 3.8) is 0 Å². The van der Waals surface area contributed by atoms with Crippen LogP contribution in [-0.4, -0.2) is 35.3 Å². The van der Waals surface area contributed by atoms with E-state index < -0.39 is 0 Å². The van der Waals surface area contributed by atoms with Crippen LogP contribution in [0.2, 0.25) is 0 Å². The SMILES string of the molecule is CC1CC(O)C2(CCN(C(=O)OCc3ccccc3)CC2)C1. The molecule has 120 valence electrons. The molecule has 1 heterocycles. The average molecular weight is 303 g/mol. The zero-order chi connectivity index (χ0) is 15.6. The maximum absolute atomic E-state index is 12.2. The van der Waals surface area contributed by atoms with E-state index in [4.69, 9.17) is 4.74 Å². The molecule has 1 N–H and O–H groups in total. The van der Waals surface area contributed by atoms with Crippen molar-refractivity contribution in [2.75, 3.05) is 13.1 Å². The normalized spacial score (nSPS) is 27.1. The summed E-state index contributed by atoms with van der Waals surface area (Å²) in [5, 5.41) is 10.3. The van der Waals surface area contributed by atoms with E-state index in [1.54, 1.807) is 4.90 Å². The quantitative estimate of drug-likeness (QED) is 0.913. The van der Waals surface area contributed by atoms with Crippen molar-refractivity contribution in [3.05, 3.63) is 35.9 Å². The van der Waals surface area contributed by atoms with Gasteiger partial charge in [-0.05, 0) is 42.6 Å². The van der Waals surface area contributed by atoms with Gasteiger partial charge in [-0.15, -0.1) is 0 Å². The van der Waals surface area contributed by atoms with Crippen molar-refractivity contribution in [2.45, 2.75) is 45.3 Å². The fourth-order valence-electron chi connectivity index (χ4n) is 4.03. The molecule has 2 fully saturated rings. The third kappa shape index (κ3) is 3.12. The second kappa shape index (κ2) is 6.29. The first kappa shape index (κ1) is 15.3. The van der Waals surface area contributed by atoms with E-state index >= 15 is 0 Å². The number of rotatable bonds is 2. The van der Waals surface area contributed by atoms with Crippen molar-refractivity contribution in [1.29, 1.82) is 0 Å². The third-order valence-electron chi connectivity index (χ3n) is 5.31. The molecule has 1 aliphatic heterocycles. The lowest BCUT2D eigenvalue weighted by molar-refractivity contribution is -0.00283. The molecule has 4 heteroatoms. The molecule has 2 aliphatic rings. The minimum absolute atomic E-state index is 0.0373. The lowest BCUT2D eigenvalue weighted by atomic mass is 9.75. The molecule has 0 bridgehead atoms. The summed E-state index contributed by atoms with van der Waals surface area (Å²) < 4.78 is 5.39. The highest BCUT2D eigenvalue weighted by Crippen LogP contribution is 2.48. The number of ether oxygens (including phenoxy) is 1. The second-order valence-corrected chi connectivity index (χ2v) is 6.95. The fourth-order valence-corrected chi connectivity index (χ4v) is 4.03. The van der Waals surface area contributed by atoms with Crippen LogP contribution in [0.1, 0.15) is 38.2 Å². The van der Waals surface area contributed by atoms with Crippen LogP contribution in [0.25, 0.3) is 0 Å². The largest absolute Gasteiger partial charge is 0.445 e. The van der Waals surface area contributed by atoms with Crippen molar-refractivity contribution in [2.24, 2.45) is 11.3 Å². The minimum Gasteiger partial charge on any atom is -0.445 e. The van der Waals surface area contributed by atoms with Crippen molar-refractivity contribution in [1.82, 2.24) is 4.90 Å². The smallest absolute Gasteiger partial charge is 0.410 e. The molecule has 0 radical (unpaired) electrons. The van der Waals surface area contributed by atoms with Gasteiger partial charge in [0.25, 0.3) is 0 Å². The molecular formula is C18H25NO3. The first-order valence-electron chi connectivity index (χ1n) is 8.23. The number of carbonyl (C=O) groups excluding carboxylic acids is 1. The number of piperidine rings is 1. The van der Waals surface area contributed by atoms with Crippen LogP contribution in [0.4, 0.5) is 4.79 Å². The number of hydrogen-bond donors (Lipinski definition) is 1. The molecule has 3 rings (SSSR count). The van der Waals surface area contributed by atoms with Crippen LogP contribution in [-0.2, 0) is 11.3 Å². The van der Waals surface area contributed by atoms with Gasteiger partial charge < -0.3 is 14.7 Å². The highest BCUT2D eigenvalue weighted by atomic mass is 16.6. The van der Waals surface area contributed by atoms with Gasteiger partial charge in [0.05, 0.1) is 6.10 Å². The highest BCUT2D eigenvalue weighted by molar-refractivity contribution is 5.67. The van der Waals surface area contributed by atoms with Crippen molar-refractivity contribution in [3.8, 4) is 0 Å². The Balaban J connectivity index is 1.50. The zero-order valence-corrected chi connectivity index (χ0v) is 13.2. The highest BCUT2D eigenvalue weighted by Gasteiger charge is 2.47. The van der Waals surface area contributed by atoms with Crippen LogP contribution in [0.3, 0.4) is 0 Å². The van der Waals surface area contributed by atoms with E-state index in [9.17, 15) is 9.90 Å². The molecule has 22 heavy (non-hydrogen) atoms. The predicted molar refractivity (Wildman–Crippen MR) is 84.3 cm³/mol. The maximum atomic E-state index is 12.2. The third-order valence-corrected chi connectivity index (χ3v) is 5.31. The molecular weight excluding hydrogens is 278 g/mol. The number of likely N-dealkylation sites (tertiary alicyclic amines) is 1. The van der Waals surface area contributed by atoms with Gasteiger partial charge in [-0.25, -0.2) is 4.79 Å². The van der Waals surface area contributed by atoms with Gasteiger partial charge >= 0.3 is 6.09 Å². The summed E-state index contributed by atoms with van der Waals surface area (Å²) in [7, 11) is 0. The molecule has 0 aromatic heterocycles. The summed E-state index contributed by atoms with van der Waals surface area (Å²) >= 11 is 0. The number of aliphatic hydroxyl groups excluding tert-OH is 1. The molecule has 1 amide bonds. The van der Waals surface area contributed by atoms with Crippen LogP contribution in [0, 0.1) is 11.3 Å². The number of nitrogens with zero attached hydrogens (tertiary/aromatic N) is 1. The van der Waals surface area contributed by atoms with Gasteiger partial charge in [0.1, 0.15) is 6.61 Å². The van der Waals surface area contributed by atoms with Crippen molar-refractivity contribution < 1.29 is 14.6 Å². The van der Waals surface area contributed by atoms with Crippen LogP contribution in [0.15, 0.2) is 30.3 Å². The summed E-state index contributed by atoms with van der Waals surface area (Å²) in [5.41, 5.74) is 1.04. The van der Waals surface area contributed by atoms with Gasteiger partial charge in [0, 0.05) is 13.1 Å². The molecule has 4 nitrogen and oxygen atoms in total. The summed E-state index contributed by atoms with van der Waals surface area (Å²) in [5.74, 6) is 0.589. The summed E-state index contributed by atoms with van der Waals surface area (Å²) in [6, 6.07) is 9.74. The van der Waals surface area contributed by atoms with Crippen molar-refractivity contribution >= 4 is 6.09 Å². The van der Waals surface area contributed by atoms with Crippen LogP contribution < -0.4 is 0 Å². The van der Waals surface area contributed by atoms with Gasteiger partial charge in [-0.2, -0.15) is 0 Å². The van der Waals surface area contributed by atoms with Gasteiger partial charge in [-0.1, -0.05) is 37.3 Å². The zero-order valence-electron chi connectivity index (χ0n) is 13.2. The molecule has 1 aliphatic carbocycles. The van der Waals surface area contributed by atoms with E-state index in [0.29, 0.717) is 25.6 Å². The van der Waals surface area contributed by atoms with Gasteiger partial charge in [0.2, 0.25) is 0 Å². The fraction of sp³-hybridized carbons (Fsp3) is 0.611. The van der Waals surface area contributed by atoms with E-state index in [0.717, 1.165) is 31.2 Å². The van der Waals surface area contributed by atoms with Crippen LogP contribution in [0.5, 0.6) is 0 Å². The number of aliphatic hydroxyl groups is 1. The van der Waals surface area contributed by atoms with Crippen LogP contribution >= 0.6 is 0 Å². The van der Waals surface area contributed by atoms with E-state index in [-0.39, 0.29) is 17.6 Å². The topological polar surface area (TPSA) is 49.8 Å². The number of hydrogen-bond acceptors (Lipinski definition) is 3. The first-order valence-corrected chi connectivity index (χ1v) is 8.23. The first-order chi connectivity index (χ1) is 10.6. The molecule has 1 saturated heterocycles. The van der Waals surface area contributed by atoms with E-state index in [1.807, 2.05) is 30.3 Å². The summed E-state index contributed by atoms with van der Waals surface area (Å²) in [6.45, 7) is 3.91. The molecule has 1 aromatic rings. The summed E-state index contributed by atoms with van der Waals surface area (Å²) in [6.07, 6.45) is 3.32. The lowest BCUT2D eigenvalue weighted by Gasteiger charge is -2.41. The maximum Gasteiger partial charge on any atom is 0.410 e.